The van der Waals surface area contributed by atoms with Crippen molar-refractivity contribution < 1.29 is 13.6 Å². The molecule has 0 saturated heterocycles. The van der Waals surface area contributed by atoms with E-state index in [1.54, 1.807) is 31.2 Å². The molecule has 5 heteroatoms. The van der Waals surface area contributed by atoms with Gasteiger partial charge in [-0.3, -0.25) is 4.57 Å². The topological polar surface area (TPSA) is 35.5 Å². The molecule has 0 aliphatic carbocycles. The van der Waals surface area contributed by atoms with Gasteiger partial charge in [-0.25, -0.2) is 0 Å². The van der Waals surface area contributed by atoms with E-state index < -0.39 is 7.60 Å². The van der Waals surface area contributed by atoms with Gasteiger partial charge in [-0.2, -0.15) is 0 Å². The maximum atomic E-state index is 12.3. The van der Waals surface area contributed by atoms with Crippen LogP contribution in [0, 0.1) is 0 Å². The highest BCUT2D eigenvalue weighted by molar-refractivity contribution is 7.62. The lowest BCUT2D eigenvalue weighted by molar-refractivity contribution is 0.231. The Kier molecular flexibility index (Phi) is 5.34. The summed E-state index contributed by atoms with van der Waals surface area (Å²) in [6, 6.07) is 8.90. The van der Waals surface area contributed by atoms with Crippen molar-refractivity contribution in [3.8, 4) is 0 Å². The molecule has 1 atom stereocenters. The minimum Gasteiger partial charge on any atom is -0.305 e. The fraction of sp³-hybridized carbons (Fsp3) is 0.400. The first kappa shape index (κ1) is 12.7. The quantitative estimate of drug-likeness (QED) is 0.574. The monoisotopic (exact) mass is 248 g/mol. The fourth-order valence-corrected chi connectivity index (χ4v) is 2.89. The summed E-state index contributed by atoms with van der Waals surface area (Å²) < 4.78 is 22.7. The molecule has 0 radical (unpaired) electrons. The minimum atomic E-state index is -3.17. The van der Waals surface area contributed by atoms with Gasteiger partial charge in [-0.05, 0) is 19.1 Å². The summed E-state index contributed by atoms with van der Waals surface area (Å²) in [5, 5.41) is 0.567. The average molecular weight is 249 g/mol. The fourth-order valence-electron chi connectivity index (χ4n) is 1.12. The van der Waals surface area contributed by atoms with Crippen LogP contribution in [0.4, 0.5) is 0 Å². The normalized spacial score (nSPS) is 14.8. The molecule has 0 spiro atoms. The molecule has 0 aromatic heterocycles. The second-order valence-electron chi connectivity index (χ2n) is 2.77. The molecular formula is C10H14ClO3P. The third kappa shape index (κ3) is 3.62. The SMILES string of the molecule is CCOP(=O)(OCCCl)c1ccccc1. The van der Waals surface area contributed by atoms with Gasteiger partial charge in [0.2, 0.25) is 0 Å². The van der Waals surface area contributed by atoms with Gasteiger partial charge in [0.25, 0.3) is 0 Å². The van der Waals surface area contributed by atoms with Crippen molar-refractivity contribution in [3.05, 3.63) is 30.3 Å². The van der Waals surface area contributed by atoms with Crippen molar-refractivity contribution in [2.75, 3.05) is 19.1 Å². The van der Waals surface area contributed by atoms with Crippen molar-refractivity contribution in [2.45, 2.75) is 6.92 Å². The summed E-state index contributed by atoms with van der Waals surface area (Å²) in [6.45, 7) is 2.34. The Morgan fingerprint density at radius 2 is 1.93 bits per heavy atom. The maximum absolute atomic E-state index is 12.3. The molecule has 1 unspecified atom stereocenters. The second-order valence-corrected chi connectivity index (χ2v) is 5.18. The predicted octanol–water partition coefficient (Wildman–Crippen LogP) is 2.80. The van der Waals surface area contributed by atoms with Crippen molar-refractivity contribution in [1.29, 1.82) is 0 Å². The highest BCUT2D eigenvalue weighted by Crippen LogP contribution is 2.46. The highest BCUT2D eigenvalue weighted by atomic mass is 35.5. The van der Waals surface area contributed by atoms with Gasteiger partial charge in [-0.15, -0.1) is 11.6 Å². The molecule has 0 N–H and O–H groups in total. The van der Waals surface area contributed by atoms with Gasteiger partial charge in [0.05, 0.1) is 18.5 Å². The zero-order valence-corrected chi connectivity index (χ0v) is 10.2. The first-order valence-electron chi connectivity index (χ1n) is 4.73. The summed E-state index contributed by atoms with van der Waals surface area (Å²) in [4.78, 5) is 0. The van der Waals surface area contributed by atoms with Gasteiger partial charge < -0.3 is 9.05 Å². The molecule has 84 valence electrons. The lowest BCUT2D eigenvalue weighted by atomic mass is 10.4. The summed E-state index contributed by atoms with van der Waals surface area (Å²) in [5.74, 6) is 0.296. The molecule has 15 heavy (non-hydrogen) atoms. The summed E-state index contributed by atoms with van der Waals surface area (Å²) in [7, 11) is -3.17. The summed E-state index contributed by atoms with van der Waals surface area (Å²) in [6.07, 6.45) is 0. The molecule has 0 aliphatic rings. The molecule has 0 amide bonds. The smallest absolute Gasteiger partial charge is 0.305 e. The van der Waals surface area contributed by atoms with Crippen LogP contribution in [-0.4, -0.2) is 19.1 Å². The van der Waals surface area contributed by atoms with Crippen molar-refractivity contribution in [2.24, 2.45) is 0 Å². The molecule has 0 fully saturated rings. The number of hydrogen-bond acceptors (Lipinski definition) is 3. The molecule has 1 rings (SSSR count). The van der Waals surface area contributed by atoms with E-state index in [9.17, 15) is 4.57 Å². The Bertz CT molecular complexity index is 329. The van der Waals surface area contributed by atoms with Crippen LogP contribution in [0.1, 0.15) is 6.92 Å². The maximum Gasteiger partial charge on any atom is 0.361 e. The van der Waals surface area contributed by atoms with E-state index in [0.717, 1.165) is 0 Å². The zero-order chi connectivity index (χ0) is 11.1. The van der Waals surface area contributed by atoms with E-state index >= 15 is 0 Å². The molecule has 1 aromatic carbocycles. The Morgan fingerprint density at radius 1 is 1.27 bits per heavy atom. The first-order chi connectivity index (χ1) is 7.23. The van der Waals surface area contributed by atoms with Crippen LogP contribution >= 0.6 is 19.2 Å². The van der Waals surface area contributed by atoms with Crippen LogP contribution in [0.2, 0.25) is 0 Å². The van der Waals surface area contributed by atoms with E-state index in [2.05, 4.69) is 0 Å². The van der Waals surface area contributed by atoms with Crippen LogP contribution in [0.3, 0.4) is 0 Å². The summed E-state index contributed by atoms with van der Waals surface area (Å²) in [5.41, 5.74) is 0. The van der Waals surface area contributed by atoms with Gasteiger partial charge >= 0.3 is 7.60 Å². The number of hydrogen-bond donors (Lipinski definition) is 0. The third-order valence-electron chi connectivity index (χ3n) is 1.71. The average Bonchev–Trinajstić information content (AvgIpc) is 2.28. The van der Waals surface area contributed by atoms with Gasteiger partial charge in [-0.1, -0.05) is 18.2 Å². The molecule has 3 nitrogen and oxygen atoms in total. The van der Waals surface area contributed by atoms with Gasteiger partial charge in [0, 0.05) is 5.88 Å². The largest absolute Gasteiger partial charge is 0.361 e. The van der Waals surface area contributed by atoms with Crippen molar-refractivity contribution >= 4 is 24.5 Å². The van der Waals surface area contributed by atoms with Crippen LogP contribution in [-0.2, 0) is 13.6 Å². The number of halogens is 1. The summed E-state index contributed by atoms with van der Waals surface area (Å²) >= 11 is 5.49. The first-order valence-corrected chi connectivity index (χ1v) is 6.81. The number of benzene rings is 1. The Morgan fingerprint density at radius 3 is 2.47 bits per heavy atom. The molecule has 0 aliphatic heterocycles. The lowest BCUT2D eigenvalue weighted by Crippen LogP contribution is -2.11. The van der Waals surface area contributed by atoms with E-state index in [4.69, 9.17) is 20.6 Å². The molecule has 1 aromatic rings. The van der Waals surface area contributed by atoms with Crippen LogP contribution < -0.4 is 5.30 Å². The Balaban J connectivity index is 2.86. The number of rotatable bonds is 6. The van der Waals surface area contributed by atoms with Crippen molar-refractivity contribution in [1.82, 2.24) is 0 Å². The van der Waals surface area contributed by atoms with Gasteiger partial charge in [0.1, 0.15) is 0 Å². The third-order valence-corrected chi connectivity index (χ3v) is 3.92. The van der Waals surface area contributed by atoms with E-state index in [0.29, 0.717) is 17.8 Å². The molecule has 0 saturated carbocycles. The van der Waals surface area contributed by atoms with E-state index in [-0.39, 0.29) is 6.61 Å². The van der Waals surface area contributed by atoms with Crippen LogP contribution in [0.15, 0.2) is 30.3 Å². The van der Waals surface area contributed by atoms with Crippen molar-refractivity contribution in [3.63, 3.8) is 0 Å². The highest BCUT2D eigenvalue weighted by Gasteiger charge is 2.26. The van der Waals surface area contributed by atoms with Gasteiger partial charge in [0.15, 0.2) is 0 Å². The predicted molar refractivity (Wildman–Crippen MR) is 62.0 cm³/mol. The zero-order valence-electron chi connectivity index (χ0n) is 8.56. The second kappa shape index (κ2) is 6.29. The Hall–Kier alpha value is -0.340. The van der Waals surface area contributed by atoms with E-state index in [1.807, 2.05) is 6.07 Å². The molecular weight excluding hydrogens is 235 g/mol. The van der Waals surface area contributed by atoms with Crippen LogP contribution in [0.25, 0.3) is 0 Å². The lowest BCUT2D eigenvalue weighted by Gasteiger charge is -2.17. The standard InChI is InChI=1S/C10H14ClO3P/c1-2-13-15(12,14-9-8-11)10-6-4-3-5-7-10/h3-7H,2,8-9H2,1H3. The van der Waals surface area contributed by atoms with Crippen LogP contribution in [0.5, 0.6) is 0 Å². The number of alkyl halides is 1. The molecule has 0 heterocycles. The Labute approximate surface area is 94.9 Å². The van der Waals surface area contributed by atoms with E-state index in [1.165, 1.54) is 0 Å². The molecule has 0 bridgehead atoms. The minimum absolute atomic E-state index is 0.216.